The van der Waals surface area contributed by atoms with Gasteiger partial charge in [0.05, 0.1) is 26.5 Å². The fourth-order valence-electron chi connectivity index (χ4n) is 2.93. The second-order valence-corrected chi connectivity index (χ2v) is 8.14. The van der Waals surface area contributed by atoms with E-state index >= 15 is 0 Å². The van der Waals surface area contributed by atoms with E-state index in [1.807, 2.05) is 81.4 Å². The standard InChI is InChI=1S/C23H30N7.BF4/c1-26(2)21-11-7-19(8-12-21)17-24-29-15-16-30(23(29)28(5)6)25-18-20-9-13-22(14-10-20)27(3)4;2-1(3,4)5/h7-18H,1-6H3;/q+1;-1. The molecule has 1 aromatic heterocycles. The lowest BCUT2D eigenvalue weighted by Gasteiger charge is -2.11. The third kappa shape index (κ3) is 9.15. The highest BCUT2D eigenvalue weighted by molar-refractivity contribution is 6.50. The third-order valence-corrected chi connectivity index (χ3v) is 4.64. The van der Waals surface area contributed by atoms with Crippen molar-refractivity contribution in [1.29, 1.82) is 0 Å². The summed E-state index contributed by atoms with van der Waals surface area (Å²) in [4.78, 5) is 6.14. The minimum Gasteiger partial charge on any atom is -0.418 e. The highest BCUT2D eigenvalue weighted by Crippen LogP contribution is 2.13. The second-order valence-electron chi connectivity index (χ2n) is 8.14. The number of aromatic nitrogens is 2. The lowest BCUT2D eigenvalue weighted by atomic mass is 10.2. The van der Waals surface area contributed by atoms with Crippen LogP contribution in [0.1, 0.15) is 11.1 Å². The van der Waals surface area contributed by atoms with Crippen LogP contribution in [0, 0.1) is 0 Å². The molecule has 0 amide bonds. The Morgan fingerprint density at radius 2 is 1.14 bits per heavy atom. The van der Waals surface area contributed by atoms with E-state index in [4.69, 9.17) is 0 Å². The Hall–Kier alpha value is -3.83. The number of hydrogen-bond donors (Lipinski definition) is 0. The lowest BCUT2D eigenvalue weighted by molar-refractivity contribution is -0.664. The van der Waals surface area contributed by atoms with Gasteiger partial charge in [0.15, 0.2) is 0 Å². The molecule has 1 heterocycles. The highest BCUT2D eigenvalue weighted by Gasteiger charge is 2.20. The molecular formula is C23H30BF4N7. The molecule has 7 nitrogen and oxygen atoms in total. The largest absolute Gasteiger partial charge is 0.673 e. The maximum absolute atomic E-state index is 9.75. The van der Waals surface area contributed by atoms with E-state index in [1.165, 1.54) is 0 Å². The van der Waals surface area contributed by atoms with E-state index in [0.717, 1.165) is 28.5 Å². The van der Waals surface area contributed by atoms with Gasteiger partial charge in [-0.15, -0.1) is 19.6 Å². The first-order chi connectivity index (χ1) is 16.3. The molecule has 0 fully saturated rings. The molecule has 0 spiro atoms. The van der Waals surface area contributed by atoms with Gasteiger partial charge in [-0.3, -0.25) is 4.90 Å². The van der Waals surface area contributed by atoms with E-state index in [-0.39, 0.29) is 0 Å². The SMILES string of the molecule is CN(C)c1ccc(C=Nn2cc[n+](N=Cc3ccc(N(C)C)cc3)c2N(C)C)cc1.F[B-](F)(F)F. The molecule has 3 rings (SSSR count). The molecule has 0 unspecified atom stereocenters. The van der Waals surface area contributed by atoms with Gasteiger partial charge in [-0.05, 0) is 35.4 Å². The Balaban J connectivity index is 0.000000784. The fourth-order valence-corrected chi connectivity index (χ4v) is 2.93. The van der Waals surface area contributed by atoms with Crippen LogP contribution in [-0.4, -0.2) is 66.6 Å². The Morgan fingerprint density at radius 3 is 1.54 bits per heavy atom. The Kier molecular flexibility index (Phi) is 9.44. The molecule has 35 heavy (non-hydrogen) atoms. The Bertz CT molecular complexity index is 1040. The van der Waals surface area contributed by atoms with Crippen molar-refractivity contribution in [3.8, 4) is 0 Å². The molecule has 3 aromatic rings. The van der Waals surface area contributed by atoms with Gasteiger partial charge in [0, 0.05) is 39.6 Å². The predicted octanol–water partition coefficient (Wildman–Crippen LogP) is 4.04. The van der Waals surface area contributed by atoms with Crippen molar-refractivity contribution < 1.29 is 21.9 Å². The van der Waals surface area contributed by atoms with E-state index in [0.29, 0.717) is 0 Å². The van der Waals surface area contributed by atoms with Gasteiger partial charge in [-0.2, -0.15) is 0 Å². The number of rotatable bonds is 7. The zero-order valence-electron chi connectivity index (χ0n) is 20.6. The summed E-state index contributed by atoms with van der Waals surface area (Å²) in [5.41, 5.74) is 4.39. The van der Waals surface area contributed by atoms with Crippen LogP contribution in [0.4, 0.5) is 34.6 Å². The molecule has 0 radical (unpaired) electrons. The third-order valence-electron chi connectivity index (χ3n) is 4.64. The topological polar surface area (TPSA) is 43.2 Å². The minimum atomic E-state index is -6.00. The maximum atomic E-state index is 9.75. The van der Waals surface area contributed by atoms with Crippen LogP contribution in [0.5, 0.6) is 0 Å². The number of nitrogens with zero attached hydrogens (tertiary/aromatic N) is 7. The van der Waals surface area contributed by atoms with Crippen molar-refractivity contribution >= 4 is 37.0 Å². The quantitative estimate of drug-likeness (QED) is 0.217. The molecule has 0 aliphatic heterocycles. The maximum Gasteiger partial charge on any atom is 0.673 e. The smallest absolute Gasteiger partial charge is 0.418 e. The average molecular weight is 491 g/mol. The molecule has 0 saturated carbocycles. The van der Waals surface area contributed by atoms with Crippen molar-refractivity contribution in [2.24, 2.45) is 10.2 Å². The second kappa shape index (κ2) is 12.0. The zero-order chi connectivity index (χ0) is 26.2. The Labute approximate surface area is 203 Å². The van der Waals surface area contributed by atoms with Gasteiger partial charge < -0.3 is 27.1 Å². The van der Waals surface area contributed by atoms with E-state index in [9.17, 15) is 17.3 Å². The van der Waals surface area contributed by atoms with Crippen molar-refractivity contribution in [2.45, 2.75) is 0 Å². The molecule has 188 valence electrons. The average Bonchev–Trinajstić information content (AvgIpc) is 3.19. The molecular weight excluding hydrogens is 461 g/mol. The van der Waals surface area contributed by atoms with Crippen molar-refractivity contribution in [2.75, 3.05) is 57.0 Å². The predicted molar refractivity (Wildman–Crippen MR) is 137 cm³/mol. The molecule has 0 aliphatic carbocycles. The minimum absolute atomic E-state index is 0.845. The number of benzene rings is 2. The summed E-state index contributed by atoms with van der Waals surface area (Å²) >= 11 is 0. The van der Waals surface area contributed by atoms with Crippen molar-refractivity contribution in [3.63, 3.8) is 0 Å². The summed E-state index contributed by atoms with van der Waals surface area (Å²) in [5, 5.41) is 9.23. The number of halogens is 4. The van der Waals surface area contributed by atoms with Crippen LogP contribution in [0.3, 0.4) is 0 Å². The molecule has 0 atom stereocenters. The lowest BCUT2D eigenvalue weighted by Crippen LogP contribution is -2.34. The van der Waals surface area contributed by atoms with Gasteiger partial charge in [-0.1, -0.05) is 24.3 Å². The van der Waals surface area contributed by atoms with E-state index in [1.54, 1.807) is 0 Å². The summed E-state index contributed by atoms with van der Waals surface area (Å²) in [7, 11) is 6.07. The van der Waals surface area contributed by atoms with Crippen LogP contribution in [0.25, 0.3) is 0 Å². The van der Waals surface area contributed by atoms with E-state index < -0.39 is 7.25 Å². The number of imidazole rings is 1. The first-order valence-electron chi connectivity index (χ1n) is 10.7. The van der Waals surface area contributed by atoms with Crippen LogP contribution in [0.15, 0.2) is 71.1 Å². The molecule has 12 heteroatoms. The first kappa shape index (κ1) is 27.4. The van der Waals surface area contributed by atoms with Gasteiger partial charge in [0.2, 0.25) is 0 Å². The van der Waals surface area contributed by atoms with Gasteiger partial charge in [0.1, 0.15) is 12.4 Å². The van der Waals surface area contributed by atoms with Crippen LogP contribution in [0.2, 0.25) is 0 Å². The highest BCUT2D eigenvalue weighted by atomic mass is 19.5. The first-order valence-corrected chi connectivity index (χ1v) is 10.7. The summed E-state index contributed by atoms with van der Waals surface area (Å²) in [6, 6.07) is 16.5. The summed E-state index contributed by atoms with van der Waals surface area (Å²) in [6.07, 6.45) is 7.49. The van der Waals surface area contributed by atoms with E-state index in [2.05, 4.69) is 68.5 Å². The van der Waals surface area contributed by atoms with Crippen molar-refractivity contribution in [1.82, 2.24) is 4.68 Å². The normalized spacial score (nSPS) is 11.5. The fraction of sp³-hybridized carbons (Fsp3) is 0.261. The zero-order valence-corrected chi connectivity index (χ0v) is 20.6. The number of hydrogen-bond acceptors (Lipinski definition) is 5. The summed E-state index contributed by atoms with van der Waals surface area (Å²) in [5.74, 6) is 0.845. The molecule has 0 bridgehead atoms. The van der Waals surface area contributed by atoms with Crippen LogP contribution >= 0.6 is 0 Å². The monoisotopic (exact) mass is 491 g/mol. The van der Waals surface area contributed by atoms with Crippen LogP contribution < -0.4 is 19.4 Å². The Morgan fingerprint density at radius 1 is 0.714 bits per heavy atom. The molecule has 0 N–H and O–H groups in total. The summed E-state index contributed by atoms with van der Waals surface area (Å²) < 4.78 is 42.6. The number of anilines is 3. The van der Waals surface area contributed by atoms with Gasteiger partial charge in [-0.25, -0.2) is 0 Å². The van der Waals surface area contributed by atoms with Crippen molar-refractivity contribution in [3.05, 3.63) is 72.1 Å². The van der Waals surface area contributed by atoms with Crippen LogP contribution in [-0.2, 0) is 0 Å². The molecule has 2 aromatic carbocycles. The van der Waals surface area contributed by atoms with Gasteiger partial charge in [0.25, 0.3) is 0 Å². The molecule has 0 saturated heterocycles. The van der Waals surface area contributed by atoms with Gasteiger partial charge >= 0.3 is 13.2 Å². The summed E-state index contributed by atoms with van der Waals surface area (Å²) in [6.45, 7) is 0. The molecule has 0 aliphatic rings.